The lowest BCUT2D eigenvalue weighted by Crippen LogP contribution is -2.15. The predicted molar refractivity (Wildman–Crippen MR) is 60.2 cm³/mol. The molecule has 0 atom stereocenters. The van der Waals surface area contributed by atoms with Crippen LogP contribution in [0.3, 0.4) is 0 Å². The Kier molecular flexibility index (Phi) is 3.84. The minimum absolute atomic E-state index is 0.0251. The zero-order chi connectivity index (χ0) is 11.7. The van der Waals surface area contributed by atoms with Crippen molar-refractivity contribution in [2.75, 3.05) is 0 Å². The number of benzene rings is 1. The van der Waals surface area contributed by atoms with E-state index in [4.69, 9.17) is 52.1 Å². The number of amides is 1. The number of carbonyl (C=O) groups excluding carboxylic acids is 2. The molecule has 0 radical (unpaired) electrons. The van der Waals surface area contributed by atoms with Gasteiger partial charge in [-0.25, -0.2) is 0 Å². The van der Waals surface area contributed by atoms with Gasteiger partial charge in [0.05, 0.1) is 26.2 Å². The maximum absolute atomic E-state index is 11.0. The average Bonchev–Trinajstić information content (AvgIpc) is 2.12. The van der Waals surface area contributed by atoms with Crippen molar-refractivity contribution in [1.82, 2.24) is 0 Å². The van der Waals surface area contributed by atoms with Crippen molar-refractivity contribution in [3.8, 4) is 0 Å². The van der Waals surface area contributed by atoms with E-state index in [1.54, 1.807) is 0 Å². The number of carbonyl (C=O) groups is 2. The van der Waals surface area contributed by atoms with Crippen LogP contribution < -0.4 is 5.73 Å². The Morgan fingerprint density at radius 3 is 2.07 bits per heavy atom. The maximum atomic E-state index is 11.0. The Balaban J connectivity index is 3.65. The molecule has 0 fully saturated rings. The van der Waals surface area contributed by atoms with Crippen LogP contribution in [0.1, 0.15) is 20.7 Å². The Labute approximate surface area is 105 Å². The molecule has 80 valence electrons. The number of hydrogen-bond acceptors (Lipinski definition) is 2. The first-order valence-electron chi connectivity index (χ1n) is 3.53. The maximum Gasteiger partial charge on any atom is 0.254 e. The molecule has 0 aliphatic rings. The van der Waals surface area contributed by atoms with Crippen molar-refractivity contribution in [2.24, 2.45) is 5.73 Å². The molecule has 1 amide bonds. The van der Waals surface area contributed by atoms with Crippen LogP contribution in [0.25, 0.3) is 0 Å². The van der Waals surface area contributed by atoms with Crippen molar-refractivity contribution in [3.63, 3.8) is 0 Å². The number of hydrogen-bond donors (Lipinski definition) is 1. The smallest absolute Gasteiger partial charge is 0.254 e. The zero-order valence-electron chi connectivity index (χ0n) is 6.98. The van der Waals surface area contributed by atoms with Crippen LogP contribution in [-0.4, -0.2) is 11.1 Å². The zero-order valence-corrected chi connectivity index (χ0v) is 10.0. The van der Waals surface area contributed by atoms with Crippen molar-refractivity contribution in [2.45, 2.75) is 0 Å². The molecule has 0 aromatic heterocycles. The van der Waals surface area contributed by atoms with E-state index in [-0.39, 0.29) is 26.2 Å². The van der Waals surface area contributed by atoms with Crippen LogP contribution >= 0.6 is 46.4 Å². The van der Waals surface area contributed by atoms with Gasteiger partial charge in [-0.1, -0.05) is 34.8 Å². The Morgan fingerprint density at radius 2 is 1.67 bits per heavy atom. The molecule has 1 rings (SSSR count). The van der Waals surface area contributed by atoms with Gasteiger partial charge in [-0.05, 0) is 17.7 Å². The van der Waals surface area contributed by atoms with Gasteiger partial charge >= 0.3 is 0 Å². The summed E-state index contributed by atoms with van der Waals surface area (Å²) in [5.74, 6) is -0.862. The molecule has 1 aromatic rings. The highest BCUT2D eigenvalue weighted by atomic mass is 35.5. The summed E-state index contributed by atoms with van der Waals surface area (Å²) in [6.45, 7) is 0. The summed E-state index contributed by atoms with van der Waals surface area (Å²) in [6, 6.07) is 1.15. The van der Waals surface area contributed by atoms with E-state index in [2.05, 4.69) is 0 Å². The number of rotatable bonds is 2. The average molecular weight is 287 g/mol. The molecule has 0 bridgehead atoms. The fourth-order valence-electron chi connectivity index (χ4n) is 0.982. The first-order chi connectivity index (χ1) is 6.86. The summed E-state index contributed by atoms with van der Waals surface area (Å²) in [6.07, 6.45) is 0. The first-order valence-corrected chi connectivity index (χ1v) is 5.04. The molecule has 0 saturated heterocycles. The molecule has 0 unspecified atom stereocenters. The third-order valence-corrected chi connectivity index (χ3v) is 3.08. The van der Waals surface area contributed by atoms with Gasteiger partial charge in [0.1, 0.15) is 0 Å². The minimum atomic E-state index is -0.924. The molecular weight excluding hydrogens is 284 g/mol. The van der Waals surface area contributed by atoms with Gasteiger partial charge in [0.25, 0.3) is 5.24 Å². The Hall–Kier alpha value is -0.480. The summed E-state index contributed by atoms with van der Waals surface area (Å²) in [5.41, 5.74) is 4.64. The van der Waals surface area contributed by atoms with Gasteiger partial charge in [0.2, 0.25) is 5.91 Å². The minimum Gasteiger partial charge on any atom is -0.366 e. The van der Waals surface area contributed by atoms with E-state index in [1.165, 1.54) is 0 Å². The summed E-state index contributed by atoms with van der Waals surface area (Å²) in [7, 11) is 0. The van der Waals surface area contributed by atoms with E-state index in [1.807, 2.05) is 0 Å². The van der Waals surface area contributed by atoms with Crippen LogP contribution in [0.15, 0.2) is 6.07 Å². The van der Waals surface area contributed by atoms with Gasteiger partial charge < -0.3 is 5.73 Å². The number of primary amides is 1. The van der Waals surface area contributed by atoms with E-state index < -0.39 is 11.1 Å². The highest BCUT2D eigenvalue weighted by Gasteiger charge is 2.21. The summed E-state index contributed by atoms with van der Waals surface area (Å²) < 4.78 is 0. The molecule has 0 aliphatic carbocycles. The Morgan fingerprint density at radius 1 is 1.13 bits per heavy atom. The van der Waals surface area contributed by atoms with Crippen molar-refractivity contribution in [1.29, 1.82) is 0 Å². The Bertz CT molecular complexity index is 458. The highest BCUT2D eigenvalue weighted by Crippen LogP contribution is 2.35. The first kappa shape index (κ1) is 12.6. The molecule has 7 heteroatoms. The fourth-order valence-corrected chi connectivity index (χ4v) is 1.92. The molecule has 0 aliphatic heterocycles. The van der Waals surface area contributed by atoms with Crippen molar-refractivity contribution < 1.29 is 9.59 Å². The van der Waals surface area contributed by atoms with E-state index in [9.17, 15) is 9.59 Å². The second-order valence-electron chi connectivity index (χ2n) is 2.55. The molecule has 0 heterocycles. The second kappa shape index (κ2) is 4.58. The standard InChI is InChI=1S/C8H3Cl4NO2/c9-3-1-2(8(13)15)4(7(12)14)6(11)5(3)10/h1H,(H2,13,15). The summed E-state index contributed by atoms with van der Waals surface area (Å²) in [5, 5.41) is -1.13. The van der Waals surface area contributed by atoms with Gasteiger partial charge in [-0.3, -0.25) is 9.59 Å². The normalized spacial score (nSPS) is 10.1. The van der Waals surface area contributed by atoms with E-state index in [0.717, 1.165) is 6.07 Å². The molecule has 2 N–H and O–H groups in total. The van der Waals surface area contributed by atoms with Crippen LogP contribution in [0.5, 0.6) is 0 Å². The van der Waals surface area contributed by atoms with Crippen molar-refractivity contribution >= 4 is 57.6 Å². The largest absolute Gasteiger partial charge is 0.366 e. The third kappa shape index (κ3) is 2.37. The van der Waals surface area contributed by atoms with Crippen molar-refractivity contribution in [3.05, 3.63) is 32.3 Å². The van der Waals surface area contributed by atoms with Gasteiger partial charge in [-0.15, -0.1) is 0 Å². The fraction of sp³-hybridized carbons (Fsp3) is 0. The monoisotopic (exact) mass is 285 g/mol. The van der Waals surface area contributed by atoms with Gasteiger partial charge in [0.15, 0.2) is 0 Å². The van der Waals surface area contributed by atoms with E-state index in [0.29, 0.717) is 0 Å². The van der Waals surface area contributed by atoms with Crippen LogP contribution in [0.4, 0.5) is 0 Å². The predicted octanol–water partition coefficient (Wildman–Crippen LogP) is 3.12. The molecule has 3 nitrogen and oxygen atoms in total. The number of nitrogens with two attached hydrogens (primary N) is 1. The topological polar surface area (TPSA) is 60.2 Å². The molecule has 1 aromatic carbocycles. The summed E-state index contributed by atoms with van der Waals surface area (Å²) in [4.78, 5) is 22.0. The SMILES string of the molecule is NC(=O)c1cc(Cl)c(Cl)c(Cl)c1C(=O)Cl. The van der Waals surface area contributed by atoms with Crippen LogP contribution in [0, 0.1) is 0 Å². The molecule has 0 spiro atoms. The second-order valence-corrected chi connectivity index (χ2v) is 4.05. The quantitative estimate of drug-likeness (QED) is 0.671. The highest BCUT2D eigenvalue weighted by molar-refractivity contribution is 6.69. The molecular formula is C8H3Cl4NO2. The van der Waals surface area contributed by atoms with E-state index >= 15 is 0 Å². The van der Waals surface area contributed by atoms with Crippen LogP contribution in [0.2, 0.25) is 15.1 Å². The lowest BCUT2D eigenvalue weighted by atomic mass is 10.1. The lowest BCUT2D eigenvalue weighted by Gasteiger charge is -2.07. The number of halogens is 4. The summed E-state index contributed by atoms with van der Waals surface area (Å²) >= 11 is 22.3. The lowest BCUT2D eigenvalue weighted by molar-refractivity contribution is 0.0989. The van der Waals surface area contributed by atoms with Gasteiger partial charge in [-0.2, -0.15) is 0 Å². The molecule has 15 heavy (non-hydrogen) atoms. The molecule has 0 saturated carbocycles. The third-order valence-electron chi connectivity index (χ3n) is 1.62. The van der Waals surface area contributed by atoms with Gasteiger partial charge in [0, 0.05) is 0 Å². The van der Waals surface area contributed by atoms with Crippen LogP contribution in [-0.2, 0) is 0 Å².